The van der Waals surface area contributed by atoms with Gasteiger partial charge < -0.3 is 5.32 Å². The maximum absolute atomic E-state index is 12.0. The van der Waals surface area contributed by atoms with Crippen LogP contribution >= 0.6 is 27.5 Å². The van der Waals surface area contributed by atoms with Crippen LogP contribution in [-0.2, 0) is 0 Å². The number of benzene rings is 1. The monoisotopic (exact) mass is 325 g/mol. The van der Waals surface area contributed by atoms with Crippen LogP contribution in [0, 0.1) is 6.92 Å². The molecule has 0 aliphatic carbocycles. The van der Waals surface area contributed by atoms with Gasteiger partial charge in [-0.1, -0.05) is 17.7 Å². The fourth-order valence-corrected chi connectivity index (χ4v) is 2.14. The highest BCUT2D eigenvalue weighted by atomic mass is 79.9. The predicted molar refractivity (Wildman–Crippen MR) is 73.9 cm³/mol. The van der Waals surface area contributed by atoms with E-state index in [0.29, 0.717) is 11.4 Å². The van der Waals surface area contributed by atoms with Crippen molar-refractivity contribution in [1.29, 1.82) is 0 Å². The maximum Gasteiger partial charge on any atom is 0.258 e. The van der Waals surface area contributed by atoms with Crippen molar-refractivity contribution in [2.75, 3.05) is 5.32 Å². The molecule has 0 radical (unpaired) electrons. The number of nitrogens with zero attached hydrogens (tertiary/aromatic N) is 2. The summed E-state index contributed by atoms with van der Waals surface area (Å²) in [6.45, 7) is 1.96. The Bertz CT molecular complexity index is 586. The first-order chi connectivity index (χ1) is 8.56. The Labute approximate surface area is 118 Å². The predicted octanol–water partition coefficient (Wildman–Crippen LogP) is 3.45. The summed E-state index contributed by atoms with van der Waals surface area (Å²) in [6.07, 6.45) is 0. The zero-order chi connectivity index (χ0) is 13.1. The maximum atomic E-state index is 12.0. The van der Waals surface area contributed by atoms with Crippen LogP contribution in [0.5, 0.6) is 0 Å². The molecule has 2 rings (SSSR count). The molecular weight excluding hydrogens is 318 g/mol. The summed E-state index contributed by atoms with van der Waals surface area (Å²) in [4.78, 5) is 12.0. The molecule has 0 aliphatic rings. The van der Waals surface area contributed by atoms with E-state index in [4.69, 9.17) is 11.6 Å². The van der Waals surface area contributed by atoms with Crippen molar-refractivity contribution in [2.45, 2.75) is 6.92 Å². The SMILES string of the molecule is Cc1ccc(C(=O)Nc2ccc(Cl)nn2)c(Br)c1. The van der Waals surface area contributed by atoms with Crippen LogP contribution in [0.15, 0.2) is 34.8 Å². The Morgan fingerprint density at radius 1 is 1.28 bits per heavy atom. The lowest BCUT2D eigenvalue weighted by Gasteiger charge is -2.06. The second-order valence-electron chi connectivity index (χ2n) is 3.68. The molecule has 92 valence electrons. The van der Waals surface area contributed by atoms with Crippen LogP contribution in [0.2, 0.25) is 5.15 Å². The summed E-state index contributed by atoms with van der Waals surface area (Å²) >= 11 is 8.97. The number of nitrogens with one attached hydrogen (secondary N) is 1. The summed E-state index contributed by atoms with van der Waals surface area (Å²) in [5.41, 5.74) is 1.61. The molecule has 1 aromatic carbocycles. The van der Waals surface area contributed by atoms with E-state index < -0.39 is 0 Å². The van der Waals surface area contributed by atoms with E-state index in [9.17, 15) is 4.79 Å². The Morgan fingerprint density at radius 3 is 2.67 bits per heavy atom. The smallest absolute Gasteiger partial charge is 0.258 e. The second kappa shape index (κ2) is 5.46. The van der Waals surface area contributed by atoms with Gasteiger partial charge in [0.15, 0.2) is 11.0 Å². The molecule has 0 spiro atoms. The van der Waals surface area contributed by atoms with Gasteiger partial charge in [0.1, 0.15) is 0 Å². The van der Waals surface area contributed by atoms with E-state index in [1.165, 1.54) is 0 Å². The molecule has 0 saturated carbocycles. The highest BCUT2D eigenvalue weighted by Crippen LogP contribution is 2.19. The normalized spacial score (nSPS) is 10.2. The van der Waals surface area contributed by atoms with Gasteiger partial charge in [0.2, 0.25) is 0 Å². The molecule has 0 saturated heterocycles. The van der Waals surface area contributed by atoms with Crippen LogP contribution < -0.4 is 5.32 Å². The minimum atomic E-state index is -0.251. The topological polar surface area (TPSA) is 54.9 Å². The standard InChI is InChI=1S/C12H9BrClN3O/c1-7-2-3-8(9(13)6-7)12(18)15-11-5-4-10(14)16-17-11/h2-6H,1H3,(H,15,17,18). The molecule has 6 heteroatoms. The molecule has 0 bridgehead atoms. The number of aromatic nitrogens is 2. The quantitative estimate of drug-likeness (QED) is 0.919. The average Bonchev–Trinajstić information content (AvgIpc) is 2.32. The van der Waals surface area contributed by atoms with Gasteiger partial charge in [-0.2, -0.15) is 0 Å². The highest BCUT2D eigenvalue weighted by Gasteiger charge is 2.10. The summed E-state index contributed by atoms with van der Waals surface area (Å²) < 4.78 is 0.738. The summed E-state index contributed by atoms with van der Waals surface area (Å²) in [5.74, 6) is 0.107. The van der Waals surface area contributed by atoms with Crippen LogP contribution in [0.4, 0.5) is 5.82 Å². The van der Waals surface area contributed by atoms with E-state index in [1.807, 2.05) is 19.1 Å². The van der Waals surface area contributed by atoms with E-state index in [2.05, 4.69) is 31.4 Å². The van der Waals surface area contributed by atoms with Crippen molar-refractivity contribution in [2.24, 2.45) is 0 Å². The zero-order valence-corrected chi connectivity index (χ0v) is 11.8. The third-order valence-electron chi connectivity index (χ3n) is 2.24. The number of anilines is 1. The molecule has 0 aliphatic heterocycles. The lowest BCUT2D eigenvalue weighted by Crippen LogP contribution is -2.14. The fourth-order valence-electron chi connectivity index (χ4n) is 1.37. The van der Waals surface area contributed by atoms with E-state index in [0.717, 1.165) is 10.0 Å². The van der Waals surface area contributed by atoms with Gasteiger partial charge in [-0.25, -0.2) is 0 Å². The zero-order valence-electron chi connectivity index (χ0n) is 9.45. The number of amides is 1. The third-order valence-corrected chi connectivity index (χ3v) is 3.10. The minimum absolute atomic E-state index is 0.251. The minimum Gasteiger partial charge on any atom is -0.305 e. The van der Waals surface area contributed by atoms with Crippen LogP contribution in [0.25, 0.3) is 0 Å². The van der Waals surface area contributed by atoms with Crippen molar-refractivity contribution in [1.82, 2.24) is 10.2 Å². The summed E-state index contributed by atoms with van der Waals surface area (Å²) in [6, 6.07) is 8.65. The largest absolute Gasteiger partial charge is 0.305 e. The Kier molecular flexibility index (Phi) is 3.93. The van der Waals surface area contributed by atoms with E-state index in [-0.39, 0.29) is 11.1 Å². The Hall–Kier alpha value is -1.46. The van der Waals surface area contributed by atoms with Gasteiger partial charge in [-0.3, -0.25) is 4.79 Å². The van der Waals surface area contributed by atoms with Gasteiger partial charge in [0.25, 0.3) is 5.91 Å². The lowest BCUT2D eigenvalue weighted by molar-refractivity contribution is 0.102. The van der Waals surface area contributed by atoms with Crippen molar-refractivity contribution in [3.63, 3.8) is 0 Å². The Morgan fingerprint density at radius 2 is 2.06 bits per heavy atom. The van der Waals surface area contributed by atoms with Crippen LogP contribution in [0.1, 0.15) is 15.9 Å². The van der Waals surface area contributed by atoms with Gasteiger partial charge in [0.05, 0.1) is 5.56 Å². The summed E-state index contributed by atoms with van der Waals surface area (Å²) in [7, 11) is 0. The van der Waals surface area contributed by atoms with Gasteiger partial charge in [-0.15, -0.1) is 10.2 Å². The van der Waals surface area contributed by atoms with Gasteiger partial charge >= 0.3 is 0 Å². The lowest BCUT2D eigenvalue weighted by atomic mass is 10.1. The molecule has 1 amide bonds. The van der Waals surface area contributed by atoms with Crippen molar-refractivity contribution in [3.05, 3.63) is 51.1 Å². The number of hydrogen-bond acceptors (Lipinski definition) is 3. The molecule has 0 fully saturated rings. The molecular formula is C12H9BrClN3O. The van der Waals surface area contributed by atoms with Crippen LogP contribution in [0.3, 0.4) is 0 Å². The van der Waals surface area contributed by atoms with Gasteiger partial charge in [0, 0.05) is 4.47 Å². The third kappa shape index (κ3) is 3.05. The van der Waals surface area contributed by atoms with Crippen molar-refractivity contribution in [3.8, 4) is 0 Å². The number of rotatable bonds is 2. The average molecular weight is 327 g/mol. The first-order valence-corrected chi connectivity index (χ1v) is 6.30. The van der Waals surface area contributed by atoms with E-state index in [1.54, 1.807) is 18.2 Å². The fraction of sp³-hybridized carbons (Fsp3) is 0.0833. The van der Waals surface area contributed by atoms with Crippen LogP contribution in [-0.4, -0.2) is 16.1 Å². The number of carbonyl (C=O) groups is 1. The molecule has 0 atom stereocenters. The molecule has 4 nitrogen and oxygen atoms in total. The first-order valence-electron chi connectivity index (χ1n) is 5.13. The molecule has 2 aromatic rings. The van der Waals surface area contributed by atoms with Gasteiger partial charge in [-0.05, 0) is 52.7 Å². The first kappa shape index (κ1) is 13.0. The molecule has 1 heterocycles. The second-order valence-corrected chi connectivity index (χ2v) is 4.92. The Balaban J connectivity index is 2.19. The van der Waals surface area contributed by atoms with E-state index >= 15 is 0 Å². The number of hydrogen-bond donors (Lipinski definition) is 1. The number of halogens is 2. The molecule has 18 heavy (non-hydrogen) atoms. The van der Waals surface area contributed by atoms with Crippen molar-refractivity contribution < 1.29 is 4.79 Å². The number of aryl methyl sites for hydroxylation is 1. The molecule has 1 N–H and O–H groups in total. The highest BCUT2D eigenvalue weighted by molar-refractivity contribution is 9.10. The molecule has 1 aromatic heterocycles. The molecule has 0 unspecified atom stereocenters. The number of carbonyl (C=O) groups excluding carboxylic acids is 1. The summed E-state index contributed by atoms with van der Waals surface area (Å²) in [5, 5.41) is 10.3. The van der Waals surface area contributed by atoms with Crippen molar-refractivity contribution >= 4 is 39.3 Å².